The van der Waals surface area contributed by atoms with Crippen LogP contribution in [-0.2, 0) is 20.9 Å². The Morgan fingerprint density at radius 2 is 1.74 bits per heavy atom. The van der Waals surface area contributed by atoms with Crippen LogP contribution in [0.15, 0.2) is 30.3 Å². The molecule has 1 aromatic carbocycles. The van der Waals surface area contributed by atoms with Crippen molar-refractivity contribution in [3.63, 3.8) is 0 Å². The Morgan fingerprint density at radius 1 is 1.11 bits per heavy atom. The van der Waals surface area contributed by atoms with Crippen molar-refractivity contribution >= 4 is 18.0 Å². The number of nitriles is 1. The van der Waals surface area contributed by atoms with Crippen LogP contribution in [0.5, 0.6) is 0 Å². The normalized spacial score (nSPS) is 13.7. The summed E-state index contributed by atoms with van der Waals surface area (Å²) in [6, 6.07) is 8.77. The highest BCUT2D eigenvalue weighted by atomic mass is 16.5. The minimum Gasteiger partial charge on any atom is -0.480 e. The molecule has 1 aromatic rings. The highest BCUT2D eigenvalue weighted by Crippen LogP contribution is 2.10. The van der Waals surface area contributed by atoms with Gasteiger partial charge in [0.2, 0.25) is 5.91 Å². The van der Waals surface area contributed by atoms with E-state index in [4.69, 9.17) is 10.00 Å². The molecule has 8 nitrogen and oxygen atoms in total. The molecule has 8 heteroatoms. The van der Waals surface area contributed by atoms with Crippen molar-refractivity contribution in [2.75, 3.05) is 0 Å². The van der Waals surface area contributed by atoms with E-state index in [-0.39, 0.29) is 18.9 Å². The van der Waals surface area contributed by atoms with E-state index in [1.165, 1.54) is 0 Å². The maximum Gasteiger partial charge on any atom is 0.408 e. The Bertz CT molecular complexity index is 684. The Kier molecular flexibility index (Phi) is 8.79. The van der Waals surface area contributed by atoms with Gasteiger partial charge in [-0.25, -0.2) is 9.59 Å². The third-order valence-corrected chi connectivity index (χ3v) is 3.98. The lowest BCUT2D eigenvalue weighted by Crippen LogP contribution is -2.55. The lowest BCUT2D eigenvalue weighted by Gasteiger charge is -2.25. The molecule has 27 heavy (non-hydrogen) atoms. The molecule has 0 saturated carbocycles. The van der Waals surface area contributed by atoms with Gasteiger partial charge in [0.1, 0.15) is 18.7 Å². The van der Waals surface area contributed by atoms with Crippen LogP contribution in [0.1, 0.15) is 32.8 Å². The number of hydrogen-bond donors (Lipinski definition) is 3. The Hall–Kier alpha value is -3.08. The Labute approximate surface area is 158 Å². The van der Waals surface area contributed by atoms with Gasteiger partial charge < -0.3 is 20.5 Å². The minimum absolute atomic E-state index is 0.0177. The number of hydrogen-bond acceptors (Lipinski definition) is 5. The van der Waals surface area contributed by atoms with E-state index in [2.05, 4.69) is 10.6 Å². The van der Waals surface area contributed by atoms with E-state index in [1.807, 2.05) is 24.3 Å². The first-order valence-corrected chi connectivity index (χ1v) is 8.63. The molecule has 0 unspecified atom stereocenters. The van der Waals surface area contributed by atoms with Crippen molar-refractivity contribution in [1.29, 1.82) is 5.26 Å². The van der Waals surface area contributed by atoms with Gasteiger partial charge in [-0.2, -0.15) is 5.26 Å². The summed E-state index contributed by atoms with van der Waals surface area (Å²) in [5.41, 5.74) is 0.800. The number of nitrogens with one attached hydrogen (secondary N) is 2. The predicted molar refractivity (Wildman–Crippen MR) is 97.3 cm³/mol. The summed E-state index contributed by atoms with van der Waals surface area (Å²) in [4.78, 5) is 35.9. The maximum absolute atomic E-state index is 12.5. The smallest absolute Gasteiger partial charge is 0.408 e. The lowest BCUT2D eigenvalue weighted by molar-refractivity contribution is -0.143. The minimum atomic E-state index is -1.24. The van der Waals surface area contributed by atoms with Crippen LogP contribution in [0.25, 0.3) is 0 Å². The molecular formula is C19H25N3O5. The van der Waals surface area contributed by atoms with Gasteiger partial charge in [-0.15, -0.1) is 0 Å². The number of nitrogens with zero attached hydrogens (tertiary/aromatic N) is 1. The second-order valence-corrected chi connectivity index (χ2v) is 6.59. The van der Waals surface area contributed by atoms with Crippen molar-refractivity contribution < 1.29 is 24.2 Å². The molecule has 1 rings (SSSR count). The molecule has 3 atom stereocenters. The van der Waals surface area contributed by atoms with Gasteiger partial charge >= 0.3 is 12.1 Å². The van der Waals surface area contributed by atoms with Crippen LogP contribution in [0.2, 0.25) is 0 Å². The number of rotatable bonds is 9. The highest BCUT2D eigenvalue weighted by molar-refractivity contribution is 5.89. The van der Waals surface area contributed by atoms with Crippen LogP contribution in [0.4, 0.5) is 4.79 Å². The van der Waals surface area contributed by atoms with Crippen LogP contribution in [0.3, 0.4) is 0 Å². The summed E-state index contributed by atoms with van der Waals surface area (Å²) in [5, 5.41) is 22.9. The number of carboxylic acid groups (broad SMARTS) is 1. The first kappa shape index (κ1) is 22.0. The number of aliphatic carboxylic acids is 1. The number of alkyl carbamates (subject to hydrolysis) is 1. The fourth-order valence-electron chi connectivity index (χ4n) is 2.38. The molecule has 0 aliphatic carbocycles. The van der Waals surface area contributed by atoms with Crippen molar-refractivity contribution in [2.24, 2.45) is 11.8 Å². The molecule has 0 spiro atoms. The zero-order valence-electron chi connectivity index (χ0n) is 15.6. The predicted octanol–water partition coefficient (Wildman–Crippen LogP) is 2.06. The molecule has 0 aliphatic heterocycles. The molecule has 0 bridgehead atoms. The highest BCUT2D eigenvalue weighted by Gasteiger charge is 2.31. The van der Waals surface area contributed by atoms with Crippen LogP contribution < -0.4 is 10.6 Å². The molecule has 0 saturated heterocycles. The molecule has 0 fully saturated rings. The van der Waals surface area contributed by atoms with Crippen molar-refractivity contribution in [1.82, 2.24) is 10.6 Å². The SMILES string of the molecule is CC(C)[C@H](NC(=O)OCc1ccccc1)C(=O)N[C@@H](C(=O)O)[C@H](C)CC#N. The summed E-state index contributed by atoms with van der Waals surface area (Å²) in [5.74, 6) is -2.75. The summed E-state index contributed by atoms with van der Waals surface area (Å²) in [7, 11) is 0. The molecule has 2 amide bonds. The largest absolute Gasteiger partial charge is 0.480 e. The quantitative estimate of drug-likeness (QED) is 0.606. The first-order valence-electron chi connectivity index (χ1n) is 8.63. The summed E-state index contributed by atoms with van der Waals surface area (Å²) in [6.45, 7) is 5.05. The molecule has 3 N–H and O–H groups in total. The third-order valence-electron chi connectivity index (χ3n) is 3.98. The van der Waals surface area contributed by atoms with Crippen molar-refractivity contribution in [2.45, 2.75) is 45.9 Å². The lowest BCUT2D eigenvalue weighted by atomic mass is 9.97. The van der Waals surface area contributed by atoms with Gasteiger partial charge in [-0.1, -0.05) is 51.1 Å². The van der Waals surface area contributed by atoms with Gasteiger partial charge in [-0.3, -0.25) is 4.79 Å². The second kappa shape index (κ2) is 10.8. The van der Waals surface area contributed by atoms with Gasteiger partial charge in [0.15, 0.2) is 0 Å². The summed E-state index contributed by atoms with van der Waals surface area (Å²) in [6.07, 6.45) is -0.791. The molecular weight excluding hydrogens is 350 g/mol. The number of benzene rings is 1. The van der Waals surface area contributed by atoms with E-state index in [9.17, 15) is 19.5 Å². The first-order chi connectivity index (χ1) is 12.8. The number of amides is 2. The van der Waals surface area contributed by atoms with E-state index in [1.54, 1.807) is 32.9 Å². The van der Waals surface area contributed by atoms with Gasteiger partial charge in [0, 0.05) is 12.3 Å². The van der Waals surface area contributed by atoms with Crippen molar-refractivity contribution in [3.05, 3.63) is 35.9 Å². The summed E-state index contributed by atoms with van der Waals surface area (Å²) < 4.78 is 5.11. The average Bonchev–Trinajstić information content (AvgIpc) is 2.62. The zero-order chi connectivity index (χ0) is 20.4. The fraction of sp³-hybridized carbons (Fsp3) is 0.474. The monoisotopic (exact) mass is 375 g/mol. The van der Waals surface area contributed by atoms with Crippen molar-refractivity contribution in [3.8, 4) is 6.07 Å². The van der Waals surface area contributed by atoms with Crippen LogP contribution in [0, 0.1) is 23.2 Å². The Balaban J connectivity index is 2.70. The van der Waals surface area contributed by atoms with E-state index < -0.39 is 36.0 Å². The van der Waals surface area contributed by atoms with Gasteiger partial charge in [0.05, 0.1) is 6.07 Å². The number of carbonyl (C=O) groups excluding carboxylic acids is 2. The summed E-state index contributed by atoms with van der Waals surface area (Å²) >= 11 is 0. The van der Waals surface area contributed by atoms with Gasteiger partial charge in [-0.05, 0) is 11.5 Å². The van der Waals surface area contributed by atoms with Gasteiger partial charge in [0.25, 0.3) is 0 Å². The number of carboxylic acids is 1. The second-order valence-electron chi connectivity index (χ2n) is 6.59. The number of carbonyl (C=O) groups is 3. The third kappa shape index (κ3) is 7.36. The standard InChI is InChI=1S/C19H25N3O5/c1-12(2)15(17(23)21-16(18(24)25)13(3)9-10-20)22-19(26)27-11-14-7-5-4-6-8-14/h4-8,12-13,15-16H,9,11H2,1-3H3,(H,21,23)(H,22,26)(H,24,25)/t13-,15+,16-/m1/s1. The molecule has 0 aromatic heterocycles. The fourth-order valence-corrected chi connectivity index (χ4v) is 2.38. The maximum atomic E-state index is 12.5. The molecule has 146 valence electrons. The van der Waals surface area contributed by atoms with Crippen LogP contribution >= 0.6 is 0 Å². The Morgan fingerprint density at radius 3 is 2.26 bits per heavy atom. The number of ether oxygens (including phenoxy) is 1. The van der Waals surface area contributed by atoms with Crippen LogP contribution in [-0.4, -0.2) is 35.2 Å². The van der Waals surface area contributed by atoms with E-state index in [0.29, 0.717) is 0 Å². The average molecular weight is 375 g/mol. The van der Waals surface area contributed by atoms with E-state index >= 15 is 0 Å². The molecule has 0 heterocycles. The topological polar surface area (TPSA) is 129 Å². The molecule has 0 radical (unpaired) electrons. The van der Waals surface area contributed by atoms with E-state index in [0.717, 1.165) is 5.56 Å². The zero-order valence-corrected chi connectivity index (χ0v) is 15.6. The molecule has 0 aliphatic rings.